The summed E-state index contributed by atoms with van der Waals surface area (Å²) in [6, 6.07) is 17.3. The van der Waals surface area contributed by atoms with Crippen LogP contribution in [-0.2, 0) is 0 Å². The van der Waals surface area contributed by atoms with E-state index in [1.165, 1.54) is 12.8 Å². The molecule has 4 aromatic rings. The maximum Gasteiger partial charge on any atom is 0.251 e. The number of Topliss-reactive ketones (excluding diaryl/α,β-unsaturated/α-hetero) is 1. The molecule has 2 aliphatic rings. The Labute approximate surface area is 209 Å². The number of carbonyl (C=O) groups excluding carboxylic acids is 2. The highest BCUT2D eigenvalue weighted by Gasteiger charge is 2.29. The van der Waals surface area contributed by atoms with E-state index in [1.807, 2.05) is 61.6 Å². The molecule has 0 bridgehead atoms. The zero-order chi connectivity index (χ0) is 24.6. The topological polar surface area (TPSA) is 91.0 Å². The number of nitrogens with one attached hydrogen (secondary N) is 2. The number of nitrogens with zero attached hydrogens (tertiary/aromatic N) is 3. The first-order valence-electron chi connectivity index (χ1n) is 12.7. The fourth-order valence-electron chi connectivity index (χ4n) is 5.65. The number of amides is 1. The molecule has 2 N–H and O–H groups in total. The van der Waals surface area contributed by atoms with E-state index in [9.17, 15) is 9.59 Å². The number of ketones is 1. The minimum Gasteiger partial charge on any atom is -0.374 e. The first-order chi connectivity index (χ1) is 17.6. The molecule has 1 fully saturated rings. The maximum absolute atomic E-state index is 13.4. The molecule has 0 radical (unpaired) electrons. The van der Waals surface area contributed by atoms with Crippen molar-refractivity contribution in [3.8, 4) is 11.3 Å². The standard InChI is InChI=1S/C29H29N5O2/c1-34-15-13-26(35)22-16-19(10-12-25(22)34)27-21-17-20(9-11-23(21)32-33-27)29(36)31-28(18-6-2-3-7-18)24-8-4-5-14-30-24/h4-5,8-12,14,16-18,28H,2-3,6-7,13,15H2,1H3,(H,31,36)(H,32,33). The molecule has 1 aliphatic carbocycles. The molecule has 36 heavy (non-hydrogen) atoms. The van der Waals surface area contributed by atoms with E-state index in [2.05, 4.69) is 25.4 Å². The molecule has 1 aliphatic heterocycles. The lowest BCUT2D eigenvalue weighted by atomic mass is 9.94. The molecular weight excluding hydrogens is 450 g/mol. The normalized spacial score (nSPS) is 16.8. The molecule has 2 aromatic heterocycles. The Balaban J connectivity index is 1.33. The lowest BCUT2D eigenvalue weighted by Gasteiger charge is -2.26. The van der Waals surface area contributed by atoms with Crippen LogP contribution in [0.2, 0.25) is 0 Å². The van der Waals surface area contributed by atoms with Gasteiger partial charge in [-0.3, -0.25) is 19.7 Å². The second-order valence-corrected chi connectivity index (χ2v) is 9.91. The number of fused-ring (bicyclic) bond motifs is 2. The smallest absolute Gasteiger partial charge is 0.251 e. The number of rotatable bonds is 5. The van der Waals surface area contributed by atoms with Crippen molar-refractivity contribution < 1.29 is 9.59 Å². The van der Waals surface area contributed by atoms with E-state index < -0.39 is 0 Å². The van der Waals surface area contributed by atoms with Crippen LogP contribution in [0.25, 0.3) is 22.2 Å². The Morgan fingerprint density at radius 1 is 1.11 bits per heavy atom. The number of pyridine rings is 1. The lowest BCUT2D eigenvalue weighted by molar-refractivity contribution is 0.0919. The van der Waals surface area contributed by atoms with Gasteiger partial charge in [0.25, 0.3) is 5.91 Å². The van der Waals surface area contributed by atoms with Crippen molar-refractivity contribution in [3.05, 3.63) is 77.6 Å². The summed E-state index contributed by atoms with van der Waals surface area (Å²) in [6.07, 6.45) is 6.86. The van der Waals surface area contributed by atoms with Gasteiger partial charge in [-0.2, -0.15) is 5.10 Å². The molecule has 1 amide bonds. The van der Waals surface area contributed by atoms with Crippen molar-refractivity contribution in [1.82, 2.24) is 20.5 Å². The first kappa shape index (κ1) is 22.5. The van der Waals surface area contributed by atoms with E-state index in [-0.39, 0.29) is 17.7 Å². The van der Waals surface area contributed by atoms with Gasteiger partial charge in [0.2, 0.25) is 0 Å². The monoisotopic (exact) mass is 479 g/mol. The van der Waals surface area contributed by atoms with Gasteiger partial charge in [0.15, 0.2) is 5.78 Å². The van der Waals surface area contributed by atoms with Gasteiger partial charge < -0.3 is 10.2 Å². The number of aromatic nitrogens is 3. The lowest BCUT2D eigenvalue weighted by Crippen LogP contribution is -2.33. The number of H-pyrrole nitrogens is 1. The summed E-state index contributed by atoms with van der Waals surface area (Å²) in [5.74, 6) is 0.425. The van der Waals surface area contributed by atoms with Crippen LogP contribution in [0.15, 0.2) is 60.8 Å². The van der Waals surface area contributed by atoms with Crippen molar-refractivity contribution in [1.29, 1.82) is 0 Å². The van der Waals surface area contributed by atoms with E-state index in [4.69, 9.17) is 0 Å². The van der Waals surface area contributed by atoms with Gasteiger partial charge in [-0.1, -0.05) is 25.0 Å². The molecular formula is C29H29N5O2. The van der Waals surface area contributed by atoms with Crippen LogP contribution < -0.4 is 10.2 Å². The van der Waals surface area contributed by atoms with Crippen LogP contribution in [-0.4, -0.2) is 40.5 Å². The second kappa shape index (κ2) is 9.22. The summed E-state index contributed by atoms with van der Waals surface area (Å²) in [4.78, 5) is 32.7. The Bertz CT molecular complexity index is 1440. The van der Waals surface area contributed by atoms with Crippen LogP contribution in [0.1, 0.15) is 64.6 Å². The van der Waals surface area contributed by atoms with Gasteiger partial charge >= 0.3 is 0 Å². The SMILES string of the molecule is CN1CCC(=O)c2cc(-c3n[nH]c4ccc(C(=O)NC(c5ccccn5)C5CCCC5)cc34)ccc21. The Kier molecular flexibility index (Phi) is 5.76. The van der Waals surface area contributed by atoms with Crippen molar-refractivity contribution in [3.63, 3.8) is 0 Å². The number of anilines is 1. The predicted octanol–water partition coefficient (Wildman–Crippen LogP) is 5.31. The summed E-state index contributed by atoms with van der Waals surface area (Å²) >= 11 is 0. The number of benzene rings is 2. The fraction of sp³-hybridized carbons (Fsp3) is 0.310. The van der Waals surface area contributed by atoms with Crippen molar-refractivity contribution in [2.24, 2.45) is 5.92 Å². The molecule has 1 saturated carbocycles. The van der Waals surface area contributed by atoms with Crippen molar-refractivity contribution in [2.45, 2.75) is 38.1 Å². The van der Waals surface area contributed by atoms with Crippen molar-refractivity contribution in [2.75, 3.05) is 18.5 Å². The minimum absolute atomic E-state index is 0.107. The molecule has 6 rings (SSSR count). The second-order valence-electron chi connectivity index (χ2n) is 9.91. The molecule has 1 unspecified atom stereocenters. The van der Waals surface area contributed by atoms with E-state index in [0.29, 0.717) is 17.9 Å². The zero-order valence-electron chi connectivity index (χ0n) is 20.3. The summed E-state index contributed by atoms with van der Waals surface area (Å²) in [5.41, 5.74) is 5.60. The summed E-state index contributed by atoms with van der Waals surface area (Å²) < 4.78 is 0. The van der Waals surface area contributed by atoms with Gasteiger partial charge in [0, 0.05) is 54.0 Å². The Hall–Kier alpha value is -4.00. The number of hydrogen-bond acceptors (Lipinski definition) is 5. The van der Waals surface area contributed by atoms with Crippen molar-refractivity contribution >= 4 is 28.3 Å². The molecule has 1 atom stereocenters. The fourth-order valence-corrected chi connectivity index (χ4v) is 5.65. The molecule has 2 aromatic carbocycles. The molecule has 7 heteroatoms. The van der Waals surface area contributed by atoms with Gasteiger partial charge in [0.05, 0.1) is 22.9 Å². The largest absolute Gasteiger partial charge is 0.374 e. The van der Waals surface area contributed by atoms with Crippen LogP contribution in [0.3, 0.4) is 0 Å². The maximum atomic E-state index is 13.4. The number of carbonyl (C=O) groups is 2. The molecule has 7 nitrogen and oxygen atoms in total. The average Bonchev–Trinajstić information content (AvgIpc) is 3.60. The van der Waals surface area contributed by atoms with E-state index in [0.717, 1.165) is 58.5 Å². The number of aromatic amines is 1. The summed E-state index contributed by atoms with van der Waals surface area (Å²) in [5, 5.41) is 11.7. The highest BCUT2D eigenvalue weighted by molar-refractivity contribution is 6.06. The van der Waals surface area contributed by atoms with Gasteiger partial charge in [-0.05, 0) is 61.2 Å². The van der Waals surface area contributed by atoms with E-state index >= 15 is 0 Å². The third kappa shape index (κ3) is 4.04. The highest BCUT2D eigenvalue weighted by atomic mass is 16.1. The van der Waals surface area contributed by atoms with Gasteiger partial charge in [-0.15, -0.1) is 0 Å². The van der Waals surface area contributed by atoms with Gasteiger partial charge in [-0.25, -0.2) is 0 Å². The highest BCUT2D eigenvalue weighted by Crippen LogP contribution is 2.36. The summed E-state index contributed by atoms with van der Waals surface area (Å²) in [7, 11) is 2.00. The van der Waals surface area contributed by atoms with E-state index in [1.54, 1.807) is 6.20 Å². The third-order valence-electron chi connectivity index (χ3n) is 7.65. The number of hydrogen-bond donors (Lipinski definition) is 2. The van der Waals surface area contributed by atoms with Crippen LogP contribution >= 0.6 is 0 Å². The molecule has 0 spiro atoms. The molecule has 0 saturated heterocycles. The average molecular weight is 480 g/mol. The molecule has 3 heterocycles. The predicted molar refractivity (Wildman–Crippen MR) is 140 cm³/mol. The minimum atomic E-state index is -0.117. The molecule has 182 valence electrons. The van der Waals surface area contributed by atoms with Gasteiger partial charge in [0.1, 0.15) is 0 Å². The van der Waals surface area contributed by atoms with Crippen LogP contribution in [0, 0.1) is 5.92 Å². The quantitative estimate of drug-likeness (QED) is 0.405. The van der Waals surface area contributed by atoms with Crippen LogP contribution in [0.5, 0.6) is 0 Å². The third-order valence-corrected chi connectivity index (χ3v) is 7.65. The van der Waals surface area contributed by atoms with Crippen LogP contribution in [0.4, 0.5) is 5.69 Å². The first-order valence-corrected chi connectivity index (χ1v) is 12.7. The summed E-state index contributed by atoms with van der Waals surface area (Å²) in [6.45, 7) is 0.731. The zero-order valence-corrected chi connectivity index (χ0v) is 20.3. The Morgan fingerprint density at radius 3 is 2.78 bits per heavy atom. The Morgan fingerprint density at radius 2 is 1.97 bits per heavy atom.